The summed E-state index contributed by atoms with van der Waals surface area (Å²) < 4.78 is 23.7. The standard InChI is InChI=1S/C17H30O4Si/c1-5-16(4)18-13-14-21-22(19-6-2,20-7-3)15-17-11-9-8-10-12-17/h8-12,16H,5-7,13-15H2,1-4H3. The van der Waals surface area contributed by atoms with Crippen LogP contribution >= 0.6 is 0 Å². The first-order valence-electron chi connectivity index (χ1n) is 8.23. The number of hydrogen-bond acceptors (Lipinski definition) is 4. The van der Waals surface area contributed by atoms with Gasteiger partial charge < -0.3 is 18.0 Å². The molecule has 1 aromatic rings. The molecule has 1 atom stereocenters. The Kier molecular flexibility index (Phi) is 9.59. The fourth-order valence-electron chi connectivity index (χ4n) is 2.13. The number of rotatable bonds is 12. The normalized spacial score (nSPS) is 13.3. The maximum Gasteiger partial charge on any atom is 0.505 e. The largest absolute Gasteiger partial charge is 0.505 e. The summed E-state index contributed by atoms with van der Waals surface area (Å²) in [5.74, 6) is 0. The van der Waals surface area contributed by atoms with Crippen molar-refractivity contribution in [3.05, 3.63) is 35.9 Å². The summed E-state index contributed by atoms with van der Waals surface area (Å²) >= 11 is 0. The number of ether oxygens (including phenoxy) is 1. The lowest BCUT2D eigenvalue weighted by molar-refractivity contribution is 0.00885. The van der Waals surface area contributed by atoms with E-state index >= 15 is 0 Å². The van der Waals surface area contributed by atoms with Crippen LogP contribution in [0.3, 0.4) is 0 Å². The maximum atomic E-state index is 6.08. The van der Waals surface area contributed by atoms with Gasteiger partial charge in [0.25, 0.3) is 0 Å². The molecule has 5 heteroatoms. The molecule has 0 N–H and O–H groups in total. The Hall–Kier alpha value is -0.723. The minimum absolute atomic E-state index is 0.257. The molecule has 0 fully saturated rings. The highest BCUT2D eigenvalue weighted by molar-refractivity contribution is 6.60. The lowest BCUT2D eigenvalue weighted by atomic mass is 10.2. The second kappa shape index (κ2) is 10.9. The Morgan fingerprint density at radius 1 is 0.909 bits per heavy atom. The van der Waals surface area contributed by atoms with Crippen LogP contribution in [0.5, 0.6) is 0 Å². The van der Waals surface area contributed by atoms with E-state index < -0.39 is 8.80 Å². The molecule has 126 valence electrons. The molecule has 0 spiro atoms. The van der Waals surface area contributed by atoms with E-state index in [0.717, 1.165) is 6.42 Å². The summed E-state index contributed by atoms with van der Waals surface area (Å²) in [7, 11) is -2.70. The topological polar surface area (TPSA) is 36.9 Å². The van der Waals surface area contributed by atoms with Crippen LogP contribution in [-0.2, 0) is 24.1 Å². The van der Waals surface area contributed by atoms with Crippen molar-refractivity contribution in [2.45, 2.75) is 46.3 Å². The van der Waals surface area contributed by atoms with Gasteiger partial charge in [-0.05, 0) is 32.8 Å². The van der Waals surface area contributed by atoms with E-state index in [-0.39, 0.29) is 6.10 Å². The third-order valence-electron chi connectivity index (χ3n) is 3.37. The zero-order valence-corrected chi connectivity index (χ0v) is 15.3. The Labute approximate surface area is 136 Å². The Balaban J connectivity index is 2.64. The van der Waals surface area contributed by atoms with Gasteiger partial charge in [-0.3, -0.25) is 0 Å². The fraction of sp³-hybridized carbons (Fsp3) is 0.647. The van der Waals surface area contributed by atoms with Crippen LogP contribution in [0.4, 0.5) is 0 Å². The molecular formula is C17H30O4Si. The summed E-state index contributed by atoms with van der Waals surface area (Å²) in [4.78, 5) is 0. The second-order valence-corrected chi connectivity index (χ2v) is 7.74. The summed E-state index contributed by atoms with van der Waals surface area (Å²) in [5, 5.41) is 0. The third kappa shape index (κ3) is 7.02. The maximum absolute atomic E-state index is 6.08. The molecule has 1 unspecified atom stereocenters. The molecule has 1 rings (SSSR count). The van der Waals surface area contributed by atoms with Crippen LogP contribution < -0.4 is 0 Å². The average Bonchev–Trinajstić information content (AvgIpc) is 2.53. The van der Waals surface area contributed by atoms with Crippen LogP contribution in [-0.4, -0.2) is 41.3 Å². The molecule has 0 aliphatic heterocycles. The van der Waals surface area contributed by atoms with E-state index in [2.05, 4.69) is 26.0 Å². The van der Waals surface area contributed by atoms with E-state index in [0.29, 0.717) is 32.5 Å². The van der Waals surface area contributed by atoms with E-state index in [1.807, 2.05) is 32.0 Å². The van der Waals surface area contributed by atoms with Gasteiger partial charge in [-0.1, -0.05) is 37.3 Å². The first-order chi connectivity index (χ1) is 10.7. The van der Waals surface area contributed by atoms with Gasteiger partial charge in [0.15, 0.2) is 0 Å². The molecule has 0 aliphatic carbocycles. The molecule has 0 aromatic heterocycles. The summed E-state index contributed by atoms with van der Waals surface area (Å²) in [5.41, 5.74) is 1.18. The summed E-state index contributed by atoms with van der Waals surface area (Å²) in [6.07, 6.45) is 1.26. The van der Waals surface area contributed by atoms with Gasteiger partial charge in [-0.2, -0.15) is 0 Å². The molecule has 0 aliphatic rings. The monoisotopic (exact) mass is 326 g/mol. The lowest BCUT2D eigenvalue weighted by Gasteiger charge is -2.29. The van der Waals surface area contributed by atoms with Crippen molar-refractivity contribution in [3.8, 4) is 0 Å². The van der Waals surface area contributed by atoms with Crippen LogP contribution in [0, 0.1) is 0 Å². The third-order valence-corrected chi connectivity index (χ3v) is 6.32. The van der Waals surface area contributed by atoms with Crippen LogP contribution in [0.25, 0.3) is 0 Å². The first-order valence-corrected chi connectivity index (χ1v) is 10.2. The minimum atomic E-state index is -2.70. The van der Waals surface area contributed by atoms with E-state index in [1.54, 1.807) is 0 Å². The van der Waals surface area contributed by atoms with Gasteiger partial charge in [-0.15, -0.1) is 0 Å². The van der Waals surface area contributed by atoms with Crippen LogP contribution in [0.2, 0.25) is 0 Å². The van der Waals surface area contributed by atoms with Crippen molar-refractivity contribution < 1.29 is 18.0 Å². The Bertz CT molecular complexity index is 380. The first kappa shape index (κ1) is 19.3. The molecule has 1 aromatic carbocycles. The van der Waals surface area contributed by atoms with Gasteiger partial charge in [0.1, 0.15) is 0 Å². The highest BCUT2D eigenvalue weighted by Crippen LogP contribution is 2.17. The second-order valence-electron chi connectivity index (χ2n) is 5.15. The minimum Gasteiger partial charge on any atom is -0.376 e. The van der Waals surface area contributed by atoms with Gasteiger partial charge in [0.05, 0.1) is 19.3 Å². The molecule has 4 nitrogen and oxygen atoms in total. The summed E-state index contributed by atoms with van der Waals surface area (Å²) in [6.45, 7) is 10.4. The number of hydrogen-bond donors (Lipinski definition) is 0. The molecule has 0 saturated carbocycles. The van der Waals surface area contributed by atoms with Gasteiger partial charge in [0.2, 0.25) is 0 Å². The molecule has 0 radical (unpaired) electrons. The smallest absolute Gasteiger partial charge is 0.376 e. The Morgan fingerprint density at radius 3 is 2.09 bits per heavy atom. The molecular weight excluding hydrogens is 296 g/mol. The van der Waals surface area contributed by atoms with E-state index in [4.69, 9.17) is 18.0 Å². The van der Waals surface area contributed by atoms with Gasteiger partial charge in [0, 0.05) is 19.3 Å². The zero-order valence-electron chi connectivity index (χ0n) is 14.3. The van der Waals surface area contributed by atoms with Gasteiger partial charge >= 0.3 is 8.80 Å². The van der Waals surface area contributed by atoms with Crippen LogP contribution in [0.15, 0.2) is 30.3 Å². The van der Waals surface area contributed by atoms with Crippen molar-refractivity contribution in [3.63, 3.8) is 0 Å². The molecule has 0 heterocycles. The molecule has 22 heavy (non-hydrogen) atoms. The zero-order chi connectivity index (χ0) is 16.3. The van der Waals surface area contributed by atoms with Crippen LogP contribution in [0.1, 0.15) is 39.7 Å². The predicted octanol–water partition coefficient (Wildman–Crippen LogP) is 3.61. The van der Waals surface area contributed by atoms with Gasteiger partial charge in [-0.25, -0.2) is 0 Å². The SMILES string of the molecule is CCO[Si](Cc1ccccc1)(OCC)OCCOC(C)CC. The quantitative estimate of drug-likeness (QED) is 0.434. The fourth-order valence-corrected chi connectivity index (χ4v) is 4.69. The molecule has 0 amide bonds. The molecule has 0 bridgehead atoms. The lowest BCUT2D eigenvalue weighted by Crippen LogP contribution is -2.49. The molecule has 0 saturated heterocycles. The summed E-state index contributed by atoms with van der Waals surface area (Å²) in [6, 6.07) is 10.9. The van der Waals surface area contributed by atoms with E-state index in [1.165, 1.54) is 5.56 Å². The Morgan fingerprint density at radius 2 is 1.55 bits per heavy atom. The average molecular weight is 327 g/mol. The van der Waals surface area contributed by atoms with Crippen molar-refractivity contribution in [2.24, 2.45) is 0 Å². The number of benzene rings is 1. The van der Waals surface area contributed by atoms with Crippen molar-refractivity contribution in [1.82, 2.24) is 0 Å². The highest BCUT2D eigenvalue weighted by Gasteiger charge is 2.40. The van der Waals surface area contributed by atoms with Crippen molar-refractivity contribution in [1.29, 1.82) is 0 Å². The highest BCUT2D eigenvalue weighted by atomic mass is 28.4. The predicted molar refractivity (Wildman–Crippen MR) is 90.8 cm³/mol. The van der Waals surface area contributed by atoms with Crippen molar-refractivity contribution in [2.75, 3.05) is 26.4 Å². The van der Waals surface area contributed by atoms with E-state index in [9.17, 15) is 0 Å². The van der Waals surface area contributed by atoms with Crippen molar-refractivity contribution >= 4 is 8.80 Å².